The highest BCUT2D eigenvalue weighted by Gasteiger charge is 2.25. The van der Waals surface area contributed by atoms with E-state index in [0.29, 0.717) is 54.9 Å². The Morgan fingerprint density at radius 1 is 1.27 bits per heavy atom. The van der Waals surface area contributed by atoms with Crippen LogP contribution in [0.1, 0.15) is 12.0 Å². The molecular weight excluding hydrogens is 310 g/mol. The largest absolute Gasteiger partial charge is 0.486 e. The third-order valence-corrected chi connectivity index (χ3v) is 4.08. The molecule has 2 atom stereocenters. The zero-order valence-electron chi connectivity index (χ0n) is 12.0. The molecule has 6 nitrogen and oxygen atoms in total. The van der Waals surface area contributed by atoms with Gasteiger partial charge in [0, 0.05) is 17.7 Å². The quantitative estimate of drug-likeness (QED) is 0.863. The number of amides is 1. The lowest BCUT2D eigenvalue weighted by Crippen LogP contribution is -2.49. The topological polar surface area (TPSA) is 77.0 Å². The van der Waals surface area contributed by atoms with Crippen LogP contribution in [0.25, 0.3) is 0 Å². The fourth-order valence-corrected chi connectivity index (χ4v) is 2.76. The minimum atomic E-state index is -0.576. The van der Waals surface area contributed by atoms with Gasteiger partial charge in [0.15, 0.2) is 11.5 Å². The van der Waals surface area contributed by atoms with Crippen LogP contribution in [0.4, 0.5) is 0 Å². The van der Waals surface area contributed by atoms with E-state index in [1.165, 1.54) is 0 Å². The Bertz CT molecular complexity index is 565. The van der Waals surface area contributed by atoms with Crippen LogP contribution in [0, 0.1) is 0 Å². The van der Waals surface area contributed by atoms with E-state index in [4.69, 9.17) is 25.8 Å². The van der Waals surface area contributed by atoms with E-state index in [-0.39, 0.29) is 18.4 Å². The molecule has 0 spiro atoms. The maximum atomic E-state index is 12.1. The summed E-state index contributed by atoms with van der Waals surface area (Å²) in [4.78, 5) is 12.1. The van der Waals surface area contributed by atoms with Crippen LogP contribution in [0.3, 0.4) is 0 Å². The van der Waals surface area contributed by atoms with E-state index in [1.54, 1.807) is 12.1 Å². The predicted octanol–water partition coefficient (Wildman–Crippen LogP) is 0.920. The molecule has 0 aliphatic carbocycles. The van der Waals surface area contributed by atoms with Gasteiger partial charge in [0.1, 0.15) is 13.2 Å². The molecule has 2 aliphatic heterocycles. The first-order valence-corrected chi connectivity index (χ1v) is 7.64. The highest BCUT2D eigenvalue weighted by molar-refractivity contribution is 6.31. The van der Waals surface area contributed by atoms with Crippen LogP contribution >= 0.6 is 11.6 Å². The second kappa shape index (κ2) is 6.73. The van der Waals surface area contributed by atoms with Gasteiger partial charge < -0.3 is 24.6 Å². The van der Waals surface area contributed by atoms with Gasteiger partial charge in [-0.05, 0) is 18.1 Å². The van der Waals surface area contributed by atoms with Crippen LogP contribution in [-0.2, 0) is 16.0 Å². The summed E-state index contributed by atoms with van der Waals surface area (Å²) in [6.45, 7) is 1.80. The van der Waals surface area contributed by atoms with Crippen molar-refractivity contribution < 1.29 is 24.1 Å². The maximum Gasteiger partial charge on any atom is 0.224 e. The highest BCUT2D eigenvalue weighted by Crippen LogP contribution is 2.35. The number of rotatable bonds is 3. The smallest absolute Gasteiger partial charge is 0.224 e. The molecule has 120 valence electrons. The summed E-state index contributed by atoms with van der Waals surface area (Å²) < 4.78 is 16.2. The summed E-state index contributed by atoms with van der Waals surface area (Å²) in [5, 5.41) is 13.1. The number of ether oxygens (including phenoxy) is 3. The Morgan fingerprint density at radius 3 is 2.73 bits per heavy atom. The Hall–Kier alpha value is -1.50. The monoisotopic (exact) mass is 327 g/mol. The van der Waals surface area contributed by atoms with Gasteiger partial charge >= 0.3 is 0 Å². The van der Waals surface area contributed by atoms with E-state index < -0.39 is 6.10 Å². The molecule has 2 heterocycles. The van der Waals surface area contributed by atoms with Gasteiger partial charge in [-0.2, -0.15) is 0 Å². The summed E-state index contributed by atoms with van der Waals surface area (Å²) in [5.74, 6) is 0.976. The molecular formula is C15H18ClNO5. The van der Waals surface area contributed by atoms with Gasteiger partial charge in [-0.15, -0.1) is 0 Å². The number of halogens is 1. The van der Waals surface area contributed by atoms with Crippen LogP contribution in [0.5, 0.6) is 11.5 Å². The molecule has 0 radical (unpaired) electrons. The summed E-state index contributed by atoms with van der Waals surface area (Å²) in [5.41, 5.74) is 0.662. The number of carbonyl (C=O) groups is 1. The van der Waals surface area contributed by atoms with Crippen molar-refractivity contribution in [2.45, 2.75) is 25.0 Å². The number of carbonyl (C=O) groups excluding carboxylic acids is 1. The summed E-state index contributed by atoms with van der Waals surface area (Å²) in [6.07, 6.45) is 0.0578. The van der Waals surface area contributed by atoms with Crippen LogP contribution in [-0.4, -0.2) is 49.6 Å². The molecule has 1 fully saturated rings. The van der Waals surface area contributed by atoms with Crippen molar-refractivity contribution in [1.82, 2.24) is 5.32 Å². The number of benzene rings is 1. The zero-order chi connectivity index (χ0) is 15.5. The van der Waals surface area contributed by atoms with Crippen LogP contribution in [0.15, 0.2) is 12.1 Å². The maximum absolute atomic E-state index is 12.1. The molecule has 0 bridgehead atoms. The Kier molecular flexibility index (Phi) is 4.71. The van der Waals surface area contributed by atoms with Gasteiger partial charge in [0.2, 0.25) is 5.91 Å². The third-order valence-electron chi connectivity index (χ3n) is 3.73. The molecule has 7 heteroatoms. The Morgan fingerprint density at radius 2 is 2.00 bits per heavy atom. The first-order chi connectivity index (χ1) is 10.6. The number of aliphatic hydroxyl groups excluding tert-OH is 1. The van der Waals surface area contributed by atoms with E-state index in [1.807, 2.05) is 0 Å². The second-order valence-electron chi connectivity index (χ2n) is 5.37. The van der Waals surface area contributed by atoms with Crippen molar-refractivity contribution in [3.05, 3.63) is 22.7 Å². The number of hydrogen-bond acceptors (Lipinski definition) is 5. The van der Waals surface area contributed by atoms with E-state index in [2.05, 4.69) is 5.32 Å². The Labute approximate surface area is 133 Å². The summed E-state index contributed by atoms with van der Waals surface area (Å²) >= 11 is 6.19. The molecule has 2 unspecified atom stereocenters. The summed E-state index contributed by atoms with van der Waals surface area (Å²) in [6, 6.07) is 3.01. The van der Waals surface area contributed by atoms with Crippen LogP contribution < -0.4 is 14.8 Å². The SMILES string of the molecule is O=C(Cc1cc2c(cc1Cl)OCCO2)NC1COCCC1O. The minimum Gasteiger partial charge on any atom is -0.486 e. The molecule has 2 N–H and O–H groups in total. The lowest BCUT2D eigenvalue weighted by Gasteiger charge is -2.28. The lowest BCUT2D eigenvalue weighted by molar-refractivity contribution is -0.124. The minimum absolute atomic E-state index is 0.110. The van der Waals surface area contributed by atoms with Gasteiger partial charge in [0.25, 0.3) is 0 Å². The van der Waals surface area contributed by atoms with Crippen molar-refractivity contribution >= 4 is 17.5 Å². The molecule has 0 saturated carbocycles. The molecule has 1 aromatic carbocycles. The lowest BCUT2D eigenvalue weighted by atomic mass is 10.1. The fraction of sp³-hybridized carbons (Fsp3) is 0.533. The van der Waals surface area contributed by atoms with Crippen molar-refractivity contribution in [3.8, 4) is 11.5 Å². The number of nitrogens with one attached hydrogen (secondary N) is 1. The molecule has 1 amide bonds. The number of fused-ring (bicyclic) bond motifs is 1. The van der Waals surface area contributed by atoms with Gasteiger partial charge in [-0.3, -0.25) is 4.79 Å². The third kappa shape index (κ3) is 3.45. The normalized spacial score (nSPS) is 23.9. The van der Waals surface area contributed by atoms with Crippen molar-refractivity contribution in [3.63, 3.8) is 0 Å². The predicted molar refractivity (Wildman–Crippen MR) is 79.5 cm³/mol. The highest BCUT2D eigenvalue weighted by atomic mass is 35.5. The van der Waals surface area contributed by atoms with Crippen molar-refractivity contribution in [1.29, 1.82) is 0 Å². The van der Waals surface area contributed by atoms with Crippen molar-refractivity contribution in [2.75, 3.05) is 26.4 Å². The molecule has 0 aromatic heterocycles. The fourth-order valence-electron chi connectivity index (χ4n) is 2.54. The first-order valence-electron chi connectivity index (χ1n) is 7.26. The zero-order valence-corrected chi connectivity index (χ0v) is 12.8. The van der Waals surface area contributed by atoms with E-state index in [0.717, 1.165) is 0 Å². The second-order valence-corrected chi connectivity index (χ2v) is 5.78. The average molecular weight is 328 g/mol. The number of hydrogen-bond donors (Lipinski definition) is 2. The first kappa shape index (κ1) is 15.4. The standard InChI is InChI=1S/C15H18ClNO5/c16-10-7-14-13(21-3-4-22-14)5-9(10)6-15(19)17-11-8-20-2-1-12(11)18/h5,7,11-12,18H,1-4,6,8H2,(H,17,19). The van der Waals surface area contributed by atoms with Crippen molar-refractivity contribution in [2.24, 2.45) is 0 Å². The van der Waals surface area contributed by atoms with Gasteiger partial charge in [0.05, 0.1) is 25.2 Å². The summed E-state index contributed by atoms with van der Waals surface area (Å²) in [7, 11) is 0. The molecule has 1 saturated heterocycles. The van der Waals surface area contributed by atoms with E-state index >= 15 is 0 Å². The van der Waals surface area contributed by atoms with Crippen LogP contribution in [0.2, 0.25) is 5.02 Å². The number of aliphatic hydroxyl groups is 1. The molecule has 3 rings (SSSR count). The van der Waals surface area contributed by atoms with Gasteiger partial charge in [-0.1, -0.05) is 11.6 Å². The average Bonchev–Trinajstić information content (AvgIpc) is 2.50. The van der Waals surface area contributed by atoms with Gasteiger partial charge in [-0.25, -0.2) is 0 Å². The molecule has 1 aromatic rings. The Balaban J connectivity index is 1.66. The molecule has 22 heavy (non-hydrogen) atoms. The molecule has 2 aliphatic rings. The van der Waals surface area contributed by atoms with E-state index in [9.17, 15) is 9.90 Å².